The Morgan fingerprint density at radius 1 is 0.545 bits per heavy atom. The molecule has 22 heavy (non-hydrogen) atoms. The van der Waals surface area contributed by atoms with Crippen LogP contribution in [0, 0.1) is 20.5 Å². The van der Waals surface area contributed by atoms with Crippen molar-refractivity contribution in [3.8, 4) is 0 Å². The first-order chi connectivity index (χ1) is 9.21. The molecule has 0 unspecified atom stereocenters. The monoisotopic (exact) mass is 408 g/mol. The van der Waals surface area contributed by atoms with Crippen molar-refractivity contribution in [1.29, 1.82) is 0 Å². The van der Waals surface area contributed by atoms with E-state index in [1.165, 1.54) is 11.8 Å². The smallest absolute Gasteiger partial charge is 0.135 e. The van der Waals surface area contributed by atoms with Gasteiger partial charge in [-0.25, -0.2) is 37.3 Å². The maximum atomic E-state index is 8.49. The highest BCUT2D eigenvalue weighted by atomic mass is 35.7. The second-order valence-corrected chi connectivity index (χ2v) is 9.74. The molecule has 0 aromatic carbocycles. The normalized spacial score (nSPS) is 12.8. The lowest BCUT2D eigenvalue weighted by Crippen LogP contribution is -2.68. The Kier molecular flexibility index (Phi) is 14.4. The summed E-state index contributed by atoms with van der Waals surface area (Å²) in [5.41, 5.74) is 0. The fraction of sp³-hybridized carbons (Fsp3) is 1.00. The van der Waals surface area contributed by atoms with Crippen LogP contribution in [0.5, 0.6) is 0 Å². The molecule has 0 amide bonds. The minimum Gasteiger partial charge on any atom is -0.322 e. The molecule has 0 bridgehead atoms. The third-order valence-electron chi connectivity index (χ3n) is 0.963. The van der Waals surface area contributed by atoms with Crippen LogP contribution in [0.2, 0.25) is 0 Å². The molecule has 0 fully saturated rings. The van der Waals surface area contributed by atoms with Crippen molar-refractivity contribution in [1.82, 2.24) is 0 Å². The molecular formula is C8H22Cl2N2O8S2. The summed E-state index contributed by atoms with van der Waals surface area (Å²) < 4.78 is 70.0. The van der Waals surface area contributed by atoms with Crippen molar-refractivity contribution in [2.24, 2.45) is 0 Å². The van der Waals surface area contributed by atoms with Gasteiger partial charge in [-0.2, -0.15) is 0 Å². The third kappa shape index (κ3) is 84.5. The molecule has 0 aromatic heterocycles. The van der Waals surface area contributed by atoms with Crippen LogP contribution in [0.4, 0.5) is 0 Å². The fourth-order valence-electron chi connectivity index (χ4n) is 0.391. The lowest BCUT2D eigenvalue weighted by atomic mass is 10.8. The van der Waals surface area contributed by atoms with Crippen molar-refractivity contribution in [2.75, 3.05) is 54.0 Å². The zero-order valence-electron chi connectivity index (χ0n) is 13.1. The van der Waals surface area contributed by atoms with Crippen molar-refractivity contribution in [2.45, 2.75) is 0 Å². The second kappa shape index (κ2) is 11.4. The van der Waals surface area contributed by atoms with E-state index < -0.39 is 20.5 Å². The minimum atomic E-state index is -4.94. The molecule has 138 valence electrons. The molecule has 0 aliphatic heterocycles. The Balaban J connectivity index is -0.000000298. The van der Waals surface area contributed by atoms with Crippen molar-refractivity contribution in [3.05, 3.63) is 0 Å². The quantitative estimate of drug-likeness (QED) is 0.183. The minimum absolute atomic E-state index is 1.04. The van der Waals surface area contributed by atoms with Gasteiger partial charge in [-0.05, 0) is 21.6 Å². The van der Waals surface area contributed by atoms with Crippen molar-refractivity contribution >= 4 is 21.6 Å². The Bertz CT molecular complexity index is 235. The first kappa shape index (κ1) is 27.7. The fourth-order valence-corrected chi connectivity index (χ4v) is 3.52. The predicted octanol–water partition coefficient (Wildman–Crippen LogP) is -7.82. The summed E-state index contributed by atoms with van der Waals surface area (Å²) in [6.07, 6.45) is 0. The summed E-state index contributed by atoms with van der Waals surface area (Å²) in [4.78, 5) is 0. The Morgan fingerprint density at radius 2 is 0.682 bits per heavy atom. The van der Waals surface area contributed by atoms with Crippen LogP contribution in [-0.2, 0) is 0 Å². The van der Waals surface area contributed by atoms with Gasteiger partial charge in [-0.3, -0.25) is 0 Å². The topological polar surface area (TPSA) is 184 Å². The maximum absolute atomic E-state index is 8.49. The van der Waals surface area contributed by atoms with Gasteiger partial charge < -0.3 is 8.97 Å². The van der Waals surface area contributed by atoms with Crippen LogP contribution in [0.3, 0.4) is 0 Å². The van der Waals surface area contributed by atoms with Gasteiger partial charge in [0.1, 0.15) is 11.8 Å². The van der Waals surface area contributed by atoms with Gasteiger partial charge in [0.25, 0.3) is 0 Å². The number of rotatable bonds is 5. The Hall–Kier alpha value is 0.880. The number of hydrogen-bond donors (Lipinski definition) is 0. The summed E-state index contributed by atoms with van der Waals surface area (Å²) in [6, 6.07) is 0. The zero-order valence-corrected chi connectivity index (χ0v) is 16.3. The van der Waals surface area contributed by atoms with E-state index in [1.54, 1.807) is 0 Å². The van der Waals surface area contributed by atoms with Crippen LogP contribution in [0.25, 0.3) is 0 Å². The Labute approximate surface area is 142 Å². The summed E-state index contributed by atoms with van der Waals surface area (Å²) in [5.74, 6) is 2.34. The number of halogens is 2. The maximum Gasteiger partial charge on any atom is 0.135 e. The largest absolute Gasteiger partial charge is 0.322 e. The van der Waals surface area contributed by atoms with Gasteiger partial charge >= 0.3 is 0 Å². The number of nitrogens with zero attached hydrogens (tertiary/aromatic N) is 2. The molecule has 10 nitrogen and oxygen atoms in total. The van der Waals surface area contributed by atoms with E-state index in [2.05, 4.69) is 42.3 Å². The van der Waals surface area contributed by atoms with Crippen molar-refractivity contribution < 1.29 is 66.7 Å². The van der Waals surface area contributed by atoms with Gasteiger partial charge in [-0.15, -0.1) is 20.5 Å². The first-order valence-corrected chi connectivity index (χ1v) is 10.3. The molecule has 0 N–H and O–H groups in total. The van der Waals surface area contributed by atoms with E-state index in [1.807, 2.05) is 21.6 Å². The van der Waals surface area contributed by atoms with Gasteiger partial charge in [0, 0.05) is 0 Å². The molecule has 0 radical (unpaired) electrons. The van der Waals surface area contributed by atoms with Crippen LogP contribution in [0.1, 0.15) is 0 Å². The molecule has 0 rings (SSSR count). The molecule has 0 aliphatic rings. The average molecular weight is 409 g/mol. The van der Waals surface area contributed by atoms with E-state index in [-0.39, 0.29) is 0 Å². The molecule has 0 aliphatic carbocycles. The lowest BCUT2D eigenvalue weighted by Gasteiger charge is -2.25. The second-order valence-electron chi connectivity index (χ2n) is 5.83. The van der Waals surface area contributed by atoms with Crippen LogP contribution < -0.4 is 37.3 Å². The van der Waals surface area contributed by atoms with Crippen molar-refractivity contribution in [3.63, 3.8) is 0 Å². The summed E-state index contributed by atoms with van der Waals surface area (Å²) >= 11 is 0. The lowest BCUT2D eigenvalue weighted by molar-refractivity contribution is -2.00. The van der Waals surface area contributed by atoms with E-state index in [4.69, 9.17) is 37.3 Å². The van der Waals surface area contributed by atoms with E-state index >= 15 is 0 Å². The highest BCUT2D eigenvalue weighted by molar-refractivity contribution is 8.76. The van der Waals surface area contributed by atoms with Gasteiger partial charge in [0.15, 0.2) is 0 Å². The molecular weight excluding hydrogens is 387 g/mol. The van der Waals surface area contributed by atoms with Crippen LogP contribution in [-0.4, -0.2) is 63.0 Å². The Morgan fingerprint density at radius 3 is 0.773 bits per heavy atom. The summed E-state index contributed by atoms with van der Waals surface area (Å²) in [5, 5.41) is 0. The third-order valence-corrected chi connectivity index (χ3v) is 4.02. The predicted molar refractivity (Wildman–Crippen MR) is 61.0 cm³/mol. The highest BCUT2D eigenvalue weighted by Crippen LogP contribution is 2.24. The van der Waals surface area contributed by atoms with E-state index in [0.29, 0.717) is 0 Å². The summed E-state index contributed by atoms with van der Waals surface area (Å²) in [7, 11) is 7.36. The molecule has 0 spiro atoms. The van der Waals surface area contributed by atoms with Gasteiger partial charge in [0.2, 0.25) is 0 Å². The molecule has 0 heterocycles. The number of hydrogen-bond acceptors (Lipinski definition) is 10. The van der Waals surface area contributed by atoms with Crippen LogP contribution >= 0.6 is 21.6 Å². The molecule has 14 heteroatoms. The molecule has 0 aromatic rings. The SMILES string of the molecule is C[N+](C)(C)CSSC[N+](C)(C)C.[O-][Cl+3]([O-])([O-])[O-].[O-][Cl+3]([O-])([O-])[O-]. The molecule has 0 saturated carbocycles. The van der Waals surface area contributed by atoms with E-state index in [0.717, 1.165) is 8.97 Å². The van der Waals surface area contributed by atoms with E-state index in [9.17, 15) is 0 Å². The standard InChI is InChI=1S/C8H22N2S2.2ClHO4/c1-9(2,3)7-11-12-8-10(4,5)6;2*2-1(3,4)5/h7-8H2,1-6H3;2*(H,2,3,4,5)/q+2;;/p-2. The summed E-state index contributed by atoms with van der Waals surface area (Å²) in [6.45, 7) is 0. The van der Waals surface area contributed by atoms with Crippen LogP contribution in [0.15, 0.2) is 0 Å². The highest BCUT2D eigenvalue weighted by Gasteiger charge is 2.10. The van der Waals surface area contributed by atoms with Gasteiger partial charge in [0.05, 0.1) is 42.3 Å². The average Bonchev–Trinajstić information content (AvgIpc) is 2.03. The molecule has 0 atom stereocenters. The number of quaternary nitrogens is 2. The zero-order chi connectivity index (χ0) is 18.8. The molecule has 0 saturated heterocycles. The van der Waals surface area contributed by atoms with Gasteiger partial charge in [-0.1, -0.05) is 0 Å². The first-order valence-electron chi connectivity index (χ1n) is 5.29.